The molecular weight excluding hydrogens is 300 g/mol. The van der Waals surface area contributed by atoms with Gasteiger partial charge in [0.25, 0.3) is 11.7 Å². The number of ketones is 1. The van der Waals surface area contributed by atoms with Gasteiger partial charge in [-0.05, 0) is 18.2 Å². The third-order valence-electron chi connectivity index (χ3n) is 2.74. The quantitative estimate of drug-likeness (QED) is 0.798. The third kappa shape index (κ3) is 1.65. The van der Waals surface area contributed by atoms with Gasteiger partial charge in [-0.2, -0.15) is 0 Å². The van der Waals surface area contributed by atoms with Crippen LogP contribution in [0.15, 0.2) is 39.5 Å². The Labute approximate surface area is 110 Å². The van der Waals surface area contributed by atoms with Gasteiger partial charge in [0.1, 0.15) is 0 Å². The smallest absolute Gasteiger partial charge is 0.299 e. The second-order valence-corrected chi connectivity index (χ2v) is 4.78. The lowest BCUT2D eigenvalue weighted by molar-refractivity contribution is -0.114. The van der Waals surface area contributed by atoms with E-state index in [4.69, 9.17) is 4.52 Å². The van der Waals surface area contributed by atoms with E-state index < -0.39 is 11.7 Å². The first kappa shape index (κ1) is 11.2. The number of carbonyl (C=O) groups is 2. The van der Waals surface area contributed by atoms with Gasteiger partial charge in [-0.1, -0.05) is 21.1 Å². The first-order valence-corrected chi connectivity index (χ1v) is 6.01. The zero-order valence-corrected chi connectivity index (χ0v) is 10.7. The standard InChI is InChI=1S/C12H7BrN2O3/c13-7-1-2-10-9(5-7)11(16)12(17)15(10)6-8-3-4-14-18-8/h1-5H,6H2. The molecule has 2 aromatic rings. The normalized spacial score (nSPS) is 14.2. The number of aromatic nitrogens is 1. The van der Waals surface area contributed by atoms with Gasteiger partial charge in [0.2, 0.25) is 0 Å². The van der Waals surface area contributed by atoms with Crippen LogP contribution in [0.5, 0.6) is 0 Å². The van der Waals surface area contributed by atoms with Crippen molar-refractivity contribution in [2.75, 3.05) is 4.90 Å². The summed E-state index contributed by atoms with van der Waals surface area (Å²) >= 11 is 3.28. The lowest BCUT2D eigenvalue weighted by atomic mass is 10.1. The van der Waals surface area contributed by atoms with Gasteiger partial charge >= 0.3 is 0 Å². The van der Waals surface area contributed by atoms with E-state index in [0.29, 0.717) is 17.0 Å². The number of rotatable bonds is 2. The Morgan fingerprint density at radius 2 is 2.11 bits per heavy atom. The summed E-state index contributed by atoms with van der Waals surface area (Å²) in [4.78, 5) is 25.1. The van der Waals surface area contributed by atoms with E-state index >= 15 is 0 Å². The van der Waals surface area contributed by atoms with Gasteiger partial charge in [0.05, 0.1) is 24.0 Å². The van der Waals surface area contributed by atoms with Gasteiger partial charge in [-0.3, -0.25) is 14.5 Å². The molecule has 1 aliphatic heterocycles. The average molecular weight is 307 g/mol. The third-order valence-corrected chi connectivity index (χ3v) is 3.23. The Morgan fingerprint density at radius 1 is 1.28 bits per heavy atom. The number of Topliss-reactive ketones (excluding diaryl/α,β-unsaturated/α-hetero) is 1. The highest BCUT2D eigenvalue weighted by molar-refractivity contribution is 9.10. The topological polar surface area (TPSA) is 63.4 Å². The van der Waals surface area contributed by atoms with E-state index in [2.05, 4.69) is 21.1 Å². The van der Waals surface area contributed by atoms with Crippen molar-refractivity contribution in [1.82, 2.24) is 5.16 Å². The van der Waals surface area contributed by atoms with Crippen molar-refractivity contribution in [2.45, 2.75) is 6.54 Å². The minimum Gasteiger partial charge on any atom is -0.359 e. The zero-order valence-electron chi connectivity index (χ0n) is 9.09. The first-order valence-electron chi connectivity index (χ1n) is 5.22. The van der Waals surface area contributed by atoms with Crippen LogP contribution in [0.1, 0.15) is 16.1 Å². The number of amides is 1. The number of nitrogens with zero attached hydrogens (tertiary/aromatic N) is 2. The molecule has 0 N–H and O–H groups in total. The highest BCUT2D eigenvalue weighted by atomic mass is 79.9. The van der Waals surface area contributed by atoms with Gasteiger partial charge in [0, 0.05) is 10.5 Å². The summed E-state index contributed by atoms with van der Waals surface area (Å²) in [7, 11) is 0. The molecule has 1 aliphatic rings. The van der Waals surface area contributed by atoms with Crippen molar-refractivity contribution in [1.29, 1.82) is 0 Å². The Kier molecular flexibility index (Phi) is 2.52. The van der Waals surface area contributed by atoms with Crippen LogP contribution in [0.3, 0.4) is 0 Å². The van der Waals surface area contributed by atoms with Crippen LogP contribution in [0.25, 0.3) is 0 Å². The molecule has 2 heterocycles. The Hall–Kier alpha value is -1.95. The fourth-order valence-electron chi connectivity index (χ4n) is 1.91. The van der Waals surface area contributed by atoms with Crippen molar-refractivity contribution in [2.24, 2.45) is 0 Å². The molecule has 90 valence electrons. The largest absolute Gasteiger partial charge is 0.359 e. The predicted molar refractivity (Wildman–Crippen MR) is 66.2 cm³/mol. The van der Waals surface area contributed by atoms with Crippen molar-refractivity contribution >= 4 is 33.3 Å². The fourth-order valence-corrected chi connectivity index (χ4v) is 2.27. The molecule has 18 heavy (non-hydrogen) atoms. The molecule has 1 amide bonds. The summed E-state index contributed by atoms with van der Waals surface area (Å²) < 4.78 is 5.72. The molecular formula is C12H7BrN2O3. The van der Waals surface area contributed by atoms with E-state index in [1.54, 1.807) is 24.3 Å². The van der Waals surface area contributed by atoms with Crippen LogP contribution in [-0.4, -0.2) is 16.8 Å². The molecule has 1 aromatic carbocycles. The summed E-state index contributed by atoms with van der Waals surface area (Å²) in [5.41, 5.74) is 1.01. The second kappa shape index (κ2) is 4.06. The number of hydrogen-bond acceptors (Lipinski definition) is 4. The monoisotopic (exact) mass is 306 g/mol. The van der Waals surface area contributed by atoms with Gasteiger partial charge < -0.3 is 4.52 Å². The SMILES string of the molecule is O=C1C(=O)N(Cc2ccno2)c2ccc(Br)cc21. The van der Waals surface area contributed by atoms with Crippen molar-refractivity contribution in [3.8, 4) is 0 Å². The molecule has 0 unspecified atom stereocenters. The van der Waals surface area contributed by atoms with Crippen LogP contribution < -0.4 is 4.90 Å². The average Bonchev–Trinajstić information content (AvgIpc) is 2.94. The second-order valence-electron chi connectivity index (χ2n) is 3.86. The molecule has 5 nitrogen and oxygen atoms in total. The first-order chi connectivity index (χ1) is 8.66. The molecule has 0 bridgehead atoms. The summed E-state index contributed by atoms with van der Waals surface area (Å²) in [5, 5.41) is 3.57. The van der Waals surface area contributed by atoms with E-state index in [-0.39, 0.29) is 6.54 Å². The van der Waals surface area contributed by atoms with E-state index in [1.165, 1.54) is 11.1 Å². The highest BCUT2D eigenvalue weighted by Gasteiger charge is 2.36. The maximum absolute atomic E-state index is 11.9. The summed E-state index contributed by atoms with van der Waals surface area (Å²) in [5.74, 6) is -0.503. The molecule has 0 saturated heterocycles. The van der Waals surface area contributed by atoms with E-state index in [0.717, 1.165) is 4.47 Å². The predicted octanol–water partition coefficient (Wildman–Crippen LogP) is 2.17. The molecule has 1 aromatic heterocycles. The maximum Gasteiger partial charge on any atom is 0.299 e. The van der Waals surface area contributed by atoms with Gasteiger partial charge in [-0.25, -0.2) is 0 Å². The summed E-state index contributed by atoms with van der Waals surface area (Å²) in [6, 6.07) is 6.83. The van der Waals surface area contributed by atoms with Crippen LogP contribution in [0.2, 0.25) is 0 Å². The van der Waals surface area contributed by atoms with Crippen molar-refractivity contribution < 1.29 is 14.1 Å². The van der Waals surface area contributed by atoms with Crippen molar-refractivity contribution in [3.63, 3.8) is 0 Å². The molecule has 0 spiro atoms. The maximum atomic E-state index is 11.9. The zero-order chi connectivity index (χ0) is 12.7. The molecule has 6 heteroatoms. The van der Waals surface area contributed by atoms with E-state index in [1.807, 2.05) is 0 Å². The lowest BCUT2D eigenvalue weighted by Crippen LogP contribution is -2.28. The Bertz CT molecular complexity index is 637. The highest BCUT2D eigenvalue weighted by Crippen LogP contribution is 2.32. The Morgan fingerprint density at radius 3 is 2.83 bits per heavy atom. The molecule has 0 fully saturated rings. The molecule has 0 radical (unpaired) electrons. The number of carbonyl (C=O) groups excluding carboxylic acids is 2. The van der Waals surface area contributed by atoms with Gasteiger partial charge in [-0.15, -0.1) is 0 Å². The fraction of sp³-hybridized carbons (Fsp3) is 0.0833. The molecule has 0 aliphatic carbocycles. The number of hydrogen-bond donors (Lipinski definition) is 0. The molecule has 3 rings (SSSR count). The van der Waals surface area contributed by atoms with Crippen molar-refractivity contribution in [3.05, 3.63) is 46.3 Å². The van der Waals surface area contributed by atoms with E-state index in [9.17, 15) is 9.59 Å². The summed E-state index contributed by atoms with van der Waals surface area (Å²) in [6.45, 7) is 0.208. The minimum absolute atomic E-state index is 0.208. The lowest BCUT2D eigenvalue weighted by Gasteiger charge is -2.14. The van der Waals surface area contributed by atoms with Crippen LogP contribution in [0, 0.1) is 0 Å². The van der Waals surface area contributed by atoms with Crippen LogP contribution >= 0.6 is 15.9 Å². The molecule has 0 atom stereocenters. The van der Waals surface area contributed by atoms with Crippen LogP contribution in [-0.2, 0) is 11.3 Å². The number of fused-ring (bicyclic) bond motifs is 1. The minimum atomic E-state index is -0.542. The Balaban J connectivity index is 2.02. The molecule has 0 saturated carbocycles. The van der Waals surface area contributed by atoms with Gasteiger partial charge in [0.15, 0.2) is 5.76 Å². The van der Waals surface area contributed by atoms with Crippen LogP contribution in [0.4, 0.5) is 5.69 Å². The number of halogens is 1. The number of benzene rings is 1. The summed E-state index contributed by atoms with van der Waals surface area (Å²) in [6.07, 6.45) is 1.50. The number of anilines is 1.